The van der Waals surface area contributed by atoms with Gasteiger partial charge in [0.05, 0.1) is 11.6 Å². The van der Waals surface area contributed by atoms with Crippen LogP contribution in [0, 0.1) is 40.4 Å². The number of halogens is 5. The molecule has 11 heteroatoms. The van der Waals surface area contributed by atoms with Crippen molar-refractivity contribution >= 4 is 11.7 Å². The molecule has 0 saturated carbocycles. The molecule has 2 rings (SSSR count). The number of aromatic hydroxyl groups is 1. The number of aliphatic hydroxyl groups is 1. The third-order valence-corrected chi connectivity index (χ3v) is 4.22. The van der Waals surface area contributed by atoms with Gasteiger partial charge in [-0.25, -0.2) is 26.7 Å². The number of rotatable bonds is 5. The standard InChI is InChI=1S/C22H19F5N2O4/c1-22(2,3)33-21(32)29-13(8-10-4-6-11(30)7-5-10)20(31)12(9-28)14-15(23)17(25)19(27)18(26)16(14)24/h4-7,13,30-31H,8H2,1-3H3,(H,29,32)/b20-12-/t13-/m1/s1. The van der Waals surface area contributed by atoms with Crippen molar-refractivity contribution in [1.29, 1.82) is 5.26 Å². The first-order chi connectivity index (χ1) is 15.3. The van der Waals surface area contributed by atoms with E-state index < -0.39 is 63.7 Å². The van der Waals surface area contributed by atoms with Gasteiger partial charge in [0, 0.05) is 6.42 Å². The molecular formula is C22H19F5N2O4. The smallest absolute Gasteiger partial charge is 0.408 e. The number of nitrogens with zero attached hydrogens (tertiary/aromatic N) is 1. The van der Waals surface area contributed by atoms with Crippen molar-refractivity contribution < 1.29 is 41.7 Å². The first kappa shape index (κ1) is 25.5. The number of amides is 1. The lowest BCUT2D eigenvalue weighted by atomic mass is 9.97. The molecule has 1 amide bonds. The van der Waals surface area contributed by atoms with E-state index in [2.05, 4.69) is 5.32 Å². The molecule has 0 aliphatic heterocycles. The number of nitrogens with one attached hydrogen (secondary N) is 1. The van der Waals surface area contributed by atoms with Gasteiger partial charge in [0.2, 0.25) is 5.82 Å². The molecule has 0 unspecified atom stereocenters. The highest BCUT2D eigenvalue weighted by Gasteiger charge is 2.32. The van der Waals surface area contributed by atoms with Crippen LogP contribution in [0.1, 0.15) is 31.9 Å². The highest BCUT2D eigenvalue weighted by atomic mass is 19.2. The molecule has 0 saturated heterocycles. The van der Waals surface area contributed by atoms with E-state index in [9.17, 15) is 42.2 Å². The van der Waals surface area contributed by atoms with Gasteiger partial charge in [-0.05, 0) is 38.5 Å². The zero-order valence-corrected chi connectivity index (χ0v) is 17.6. The predicted molar refractivity (Wildman–Crippen MR) is 106 cm³/mol. The number of aliphatic hydroxyl groups excluding tert-OH is 1. The zero-order valence-electron chi connectivity index (χ0n) is 17.6. The second-order valence-corrected chi connectivity index (χ2v) is 7.89. The number of benzene rings is 2. The Morgan fingerprint density at radius 2 is 1.52 bits per heavy atom. The number of hydrogen-bond acceptors (Lipinski definition) is 5. The Morgan fingerprint density at radius 3 is 1.97 bits per heavy atom. The summed E-state index contributed by atoms with van der Waals surface area (Å²) in [6.45, 7) is 4.60. The van der Waals surface area contributed by atoms with Crippen molar-refractivity contribution in [2.24, 2.45) is 0 Å². The lowest BCUT2D eigenvalue weighted by molar-refractivity contribution is 0.0501. The van der Waals surface area contributed by atoms with Crippen LogP contribution >= 0.6 is 0 Å². The maximum absolute atomic E-state index is 14.3. The Kier molecular flexibility index (Phi) is 7.53. The third kappa shape index (κ3) is 5.91. The molecule has 0 spiro atoms. The van der Waals surface area contributed by atoms with Crippen LogP contribution in [-0.4, -0.2) is 27.9 Å². The Bertz CT molecular complexity index is 1110. The van der Waals surface area contributed by atoms with E-state index in [0.29, 0.717) is 5.56 Å². The van der Waals surface area contributed by atoms with E-state index in [1.807, 2.05) is 0 Å². The van der Waals surface area contributed by atoms with Crippen LogP contribution in [0.2, 0.25) is 0 Å². The number of ether oxygens (including phenoxy) is 1. The maximum atomic E-state index is 14.3. The van der Waals surface area contributed by atoms with Crippen molar-refractivity contribution in [3.05, 3.63) is 70.2 Å². The van der Waals surface area contributed by atoms with E-state index in [-0.39, 0.29) is 12.2 Å². The summed E-state index contributed by atoms with van der Waals surface area (Å²) in [5, 5.41) is 31.7. The van der Waals surface area contributed by atoms with Gasteiger partial charge >= 0.3 is 6.09 Å². The number of allylic oxidation sites excluding steroid dienone is 1. The summed E-state index contributed by atoms with van der Waals surface area (Å²) in [5.74, 6) is -13.0. The molecule has 0 heterocycles. The van der Waals surface area contributed by atoms with Crippen LogP contribution in [0.5, 0.6) is 5.75 Å². The number of alkyl carbamates (subject to hydrolysis) is 1. The molecule has 0 radical (unpaired) electrons. The molecule has 176 valence electrons. The van der Waals surface area contributed by atoms with Crippen LogP contribution in [0.3, 0.4) is 0 Å². The minimum absolute atomic E-state index is 0.103. The highest BCUT2D eigenvalue weighted by Crippen LogP contribution is 2.31. The largest absolute Gasteiger partial charge is 0.509 e. The maximum Gasteiger partial charge on any atom is 0.408 e. The lowest BCUT2D eigenvalue weighted by Gasteiger charge is -2.24. The molecular weight excluding hydrogens is 451 g/mol. The number of hydrogen-bond donors (Lipinski definition) is 3. The molecule has 0 bridgehead atoms. The van der Waals surface area contributed by atoms with Gasteiger partial charge in [0.15, 0.2) is 23.3 Å². The van der Waals surface area contributed by atoms with Crippen molar-refractivity contribution in [3.63, 3.8) is 0 Å². The topological polar surface area (TPSA) is 103 Å². The van der Waals surface area contributed by atoms with E-state index in [1.165, 1.54) is 51.1 Å². The average molecular weight is 470 g/mol. The molecule has 2 aromatic carbocycles. The third-order valence-electron chi connectivity index (χ3n) is 4.22. The molecule has 6 nitrogen and oxygen atoms in total. The molecule has 0 aliphatic rings. The average Bonchev–Trinajstić information content (AvgIpc) is 2.73. The SMILES string of the molecule is CC(C)(C)OC(=O)N[C@H](Cc1ccc(O)cc1)/C(O)=C(\C#N)c1c(F)c(F)c(F)c(F)c1F. The number of nitriles is 1. The van der Waals surface area contributed by atoms with Gasteiger partial charge in [-0.3, -0.25) is 0 Å². The molecule has 0 aromatic heterocycles. The van der Waals surface area contributed by atoms with E-state index in [1.54, 1.807) is 0 Å². The van der Waals surface area contributed by atoms with Gasteiger partial charge < -0.3 is 20.3 Å². The molecule has 1 atom stereocenters. The first-order valence-corrected chi connectivity index (χ1v) is 9.39. The Labute approximate surface area is 185 Å². The van der Waals surface area contributed by atoms with Crippen molar-refractivity contribution in [3.8, 4) is 11.8 Å². The number of phenols is 1. The predicted octanol–water partition coefficient (Wildman–Crippen LogP) is 5.02. The van der Waals surface area contributed by atoms with Crippen molar-refractivity contribution in [2.45, 2.75) is 38.8 Å². The molecule has 2 aromatic rings. The minimum atomic E-state index is -2.43. The molecule has 33 heavy (non-hydrogen) atoms. The summed E-state index contributed by atoms with van der Waals surface area (Å²) in [6, 6.07) is 4.98. The van der Waals surface area contributed by atoms with Gasteiger partial charge in [0.1, 0.15) is 28.8 Å². The van der Waals surface area contributed by atoms with Crippen LogP contribution in [0.25, 0.3) is 5.57 Å². The second kappa shape index (κ2) is 9.77. The van der Waals surface area contributed by atoms with Crippen molar-refractivity contribution in [1.82, 2.24) is 5.32 Å². The summed E-state index contributed by atoms with van der Waals surface area (Å²) in [6.07, 6.45) is -1.39. The van der Waals surface area contributed by atoms with E-state index >= 15 is 0 Å². The molecule has 0 fully saturated rings. The number of carbonyl (C=O) groups is 1. The molecule has 3 N–H and O–H groups in total. The van der Waals surface area contributed by atoms with Crippen LogP contribution in [-0.2, 0) is 11.2 Å². The summed E-state index contributed by atoms with van der Waals surface area (Å²) in [4.78, 5) is 12.2. The Morgan fingerprint density at radius 1 is 1.03 bits per heavy atom. The van der Waals surface area contributed by atoms with Gasteiger partial charge in [-0.15, -0.1) is 0 Å². The fourth-order valence-electron chi connectivity index (χ4n) is 2.77. The minimum Gasteiger partial charge on any atom is -0.509 e. The van der Waals surface area contributed by atoms with Crippen molar-refractivity contribution in [2.75, 3.05) is 0 Å². The van der Waals surface area contributed by atoms with Crippen LogP contribution < -0.4 is 5.32 Å². The Balaban J connectivity index is 2.63. The normalized spacial score (nSPS) is 13.1. The van der Waals surface area contributed by atoms with E-state index in [0.717, 1.165) is 0 Å². The second-order valence-electron chi connectivity index (χ2n) is 7.89. The van der Waals surface area contributed by atoms with Gasteiger partial charge in [-0.2, -0.15) is 5.26 Å². The summed E-state index contributed by atoms with van der Waals surface area (Å²) >= 11 is 0. The summed E-state index contributed by atoms with van der Waals surface area (Å²) in [5.41, 5.74) is -3.53. The zero-order chi connectivity index (χ0) is 25.1. The summed E-state index contributed by atoms with van der Waals surface area (Å²) in [7, 11) is 0. The number of phenolic OH excluding ortho intramolecular Hbond substituents is 1. The summed E-state index contributed by atoms with van der Waals surface area (Å²) < 4.78 is 74.3. The molecule has 0 aliphatic carbocycles. The quantitative estimate of drug-likeness (QED) is 0.187. The highest BCUT2D eigenvalue weighted by molar-refractivity contribution is 5.80. The Hall–Kier alpha value is -3.81. The van der Waals surface area contributed by atoms with Gasteiger partial charge in [0.25, 0.3) is 0 Å². The lowest BCUT2D eigenvalue weighted by Crippen LogP contribution is -2.41. The fourth-order valence-corrected chi connectivity index (χ4v) is 2.77. The number of carbonyl (C=O) groups excluding carboxylic acids is 1. The monoisotopic (exact) mass is 470 g/mol. The van der Waals surface area contributed by atoms with Crippen LogP contribution in [0.4, 0.5) is 26.7 Å². The van der Waals surface area contributed by atoms with E-state index in [4.69, 9.17) is 4.74 Å². The van der Waals surface area contributed by atoms with Gasteiger partial charge in [-0.1, -0.05) is 12.1 Å². The first-order valence-electron chi connectivity index (χ1n) is 9.39. The fraction of sp³-hybridized carbons (Fsp3) is 0.273. The van der Waals surface area contributed by atoms with Crippen LogP contribution in [0.15, 0.2) is 30.0 Å².